The van der Waals surface area contributed by atoms with Gasteiger partial charge in [-0.2, -0.15) is 10.2 Å². The van der Waals surface area contributed by atoms with Gasteiger partial charge in [-0.05, 0) is 13.0 Å². The number of aryl methyl sites for hydroxylation is 1. The fourth-order valence-corrected chi connectivity index (χ4v) is 2.82. The molecule has 120 valence electrons. The Morgan fingerprint density at radius 2 is 2.22 bits per heavy atom. The molecule has 0 atom stereocenters. The van der Waals surface area contributed by atoms with Crippen LogP contribution in [0.4, 0.5) is 0 Å². The predicted molar refractivity (Wildman–Crippen MR) is 87.2 cm³/mol. The van der Waals surface area contributed by atoms with E-state index in [9.17, 15) is 4.79 Å². The topological polar surface area (TPSA) is 74.8 Å². The lowest BCUT2D eigenvalue weighted by Gasteiger charge is -2.04. The highest BCUT2D eigenvalue weighted by Crippen LogP contribution is 2.15. The molecule has 0 spiro atoms. The van der Waals surface area contributed by atoms with Crippen molar-refractivity contribution in [2.24, 2.45) is 7.05 Å². The summed E-state index contributed by atoms with van der Waals surface area (Å²) in [4.78, 5) is 16.5. The van der Waals surface area contributed by atoms with Gasteiger partial charge < -0.3 is 4.74 Å². The summed E-state index contributed by atoms with van der Waals surface area (Å²) in [5.74, 6) is 0. The fraction of sp³-hybridized carbons (Fsp3) is 0.333. The summed E-state index contributed by atoms with van der Waals surface area (Å²) in [6, 6.07) is 3.22. The molecule has 3 aromatic rings. The molecule has 7 nitrogen and oxygen atoms in total. The van der Waals surface area contributed by atoms with E-state index in [-0.39, 0.29) is 5.56 Å². The third-order valence-electron chi connectivity index (χ3n) is 3.21. The van der Waals surface area contributed by atoms with Crippen LogP contribution in [0, 0.1) is 0 Å². The van der Waals surface area contributed by atoms with E-state index < -0.39 is 0 Å². The maximum atomic E-state index is 12.0. The quantitative estimate of drug-likeness (QED) is 0.687. The highest BCUT2D eigenvalue weighted by atomic mass is 32.1. The molecule has 0 radical (unpaired) electrons. The van der Waals surface area contributed by atoms with Gasteiger partial charge in [-0.3, -0.25) is 9.48 Å². The van der Waals surface area contributed by atoms with Crippen molar-refractivity contribution in [3.63, 3.8) is 0 Å². The minimum absolute atomic E-state index is 0.156. The van der Waals surface area contributed by atoms with Crippen LogP contribution in [0.3, 0.4) is 0 Å². The normalized spacial score (nSPS) is 11.0. The predicted octanol–water partition coefficient (Wildman–Crippen LogP) is 1.69. The van der Waals surface area contributed by atoms with Crippen LogP contribution < -0.4 is 5.56 Å². The van der Waals surface area contributed by atoms with Crippen molar-refractivity contribution in [1.82, 2.24) is 24.5 Å². The van der Waals surface area contributed by atoms with E-state index >= 15 is 0 Å². The van der Waals surface area contributed by atoms with Gasteiger partial charge in [-0.1, -0.05) is 0 Å². The molecule has 3 heterocycles. The molecule has 0 unspecified atom stereocenters. The molecular weight excluding hydrogens is 314 g/mol. The van der Waals surface area contributed by atoms with Crippen LogP contribution >= 0.6 is 11.3 Å². The molecule has 23 heavy (non-hydrogen) atoms. The molecule has 0 aromatic carbocycles. The van der Waals surface area contributed by atoms with Gasteiger partial charge in [-0.15, -0.1) is 11.3 Å². The van der Waals surface area contributed by atoms with Gasteiger partial charge in [0.15, 0.2) is 0 Å². The van der Waals surface area contributed by atoms with Crippen LogP contribution in [0.1, 0.15) is 17.6 Å². The van der Waals surface area contributed by atoms with Crippen LogP contribution in [-0.2, 0) is 24.9 Å². The summed E-state index contributed by atoms with van der Waals surface area (Å²) >= 11 is 1.53. The zero-order valence-electron chi connectivity index (χ0n) is 13.0. The highest BCUT2D eigenvalue weighted by Gasteiger charge is 2.08. The molecule has 0 bridgehead atoms. The number of nitrogens with zero attached hydrogens (tertiary/aromatic N) is 5. The largest absolute Gasteiger partial charge is 0.375 e. The molecule has 3 rings (SSSR count). The maximum absolute atomic E-state index is 12.0. The first kappa shape index (κ1) is 15.6. The molecule has 0 aliphatic rings. The Labute approximate surface area is 137 Å². The van der Waals surface area contributed by atoms with Crippen molar-refractivity contribution in [2.75, 3.05) is 6.61 Å². The highest BCUT2D eigenvalue weighted by molar-refractivity contribution is 7.09. The molecule has 3 aromatic heterocycles. The molecular formula is C15H17N5O2S. The average molecular weight is 331 g/mol. The van der Waals surface area contributed by atoms with Gasteiger partial charge in [0, 0.05) is 36.9 Å². The number of ether oxygens (including phenoxy) is 1. The summed E-state index contributed by atoms with van der Waals surface area (Å²) < 4.78 is 8.46. The first-order chi connectivity index (χ1) is 11.2. The number of hydrogen-bond acceptors (Lipinski definition) is 6. The van der Waals surface area contributed by atoms with Gasteiger partial charge in [0.25, 0.3) is 5.56 Å². The molecule has 0 saturated heterocycles. The van der Waals surface area contributed by atoms with E-state index in [2.05, 4.69) is 15.2 Å². The number of thiazole rings is 1. The summed E-state index contributed by atoms with van der Waals surface area (Å²) in [6.45, 7) is 3.44. The van der Waals surface area contributed by atoms with Crippen molar-refractivity contribution < 1.29 is 4.74 Å². The number of hydrogen-bond donors (Lipinski definition) is 0. The van der Waals surface area contributed by atoms with E-state index in [0.29, 0.717) is 25.5 Å². The summed E-state index contributed by atoms with van der Waals surface area (Å²) in [6.07, 6.45) is 3.58. The fourth-order valence-electron chi connectivity index (χ4n) is 2.10. The van der Waals surface area contributed by atoms with E-state index in [1.807, 2.05) is 25.5 Å². The Kier molecular flexibility index (Phi) is 4.63. The minimum Gasteiger partial charge on any atom is -0.375 e. The lowest BCUT2D eigenvalue weighted by atomic mass is 10.2. The zero-order chi connectivity index (χ0) is 16.2. The molecule has 0 N–H and O–H groups in total. The van der Waals surface area contributed by atoms with Gasteiger partial charge in [-0.25, -0.2) is 9.67 Å². The minimum atomic E-state index is -0.156. The van der Waals surface area contributed by atoms with Crippen LogP contribution in [0.25, 0.3) is 11.3 Å². The second kappa shape index (κ2) is 6.84. The van der Waals surface area contributed by atoms with Crippen molar-refractivity contribution >= 4 is 11.3 Å². The second-order valence-electron chi connectivity index (χ2n) is 4.99. The van der Waals surface area contributed by atoms with Gasteiger partial charge in [0.2, 0.25) is 0 Å². The Morgan fingerprint density at radius 3 is 2.96 bits per heavy atom. The molecule has 0 amide bonds. The average Bonchev–Trinajstić information content (AvgIpc) is 3.16. The summed E-state index contributed by atoms with van der Waals surface area (Å²) in [5.41, 5.74) is 2.23. The van der Waals surface area contributed by atoms with E-state index in [1.165, 1.54) is 22.1 Å². The standard InChI is InChI=1S/C15H17N5O2S/c1-3-22-9-14-17-12(10-23-14)8-20-15(21)5-4-13(18-20)11-6-16-19(2)7-11/h4-7,10H,3,8-9H2,1-2H3. The van der Waals surface area contributed by atoms with Crippen molar-refractivity contribution in [2.45, 2.75) is 20.1 Å². The lowest BCUT2D eigenvalue weighted by molar-refractivity contribution is 0.133. The number of rotatable bonds is 6. The van der Waals surface area contributed by atoms with Crippen LogP contribution in [0.15, 0.2) is 34.7 Å². The maximum Gasteiger partial charge on any atom is 0.267 e. The van der Waals surface area contributed by atoms with Crippen LogP contribution in [0.5, 0.6) is 0 Å². The van der Waals surface area contributed by atoms with Crippen molar-refractivity contribution in [3.8, 4) is 11.3 Å². The monoisotopic (exact) mass is 331 g/mol. The molecule has 0 fully saturated rings. The van der Waals surface area contributed by atoms with E-state index in [0.717, 1.165) is 16.3 Å². The number of aromatic nitrogens is 5. The second-order valence-corrected chi connectivity index (χ2v) is 5.93. The Morgan fingerprint density at radius 1 is 1.35 bits per heavy atom. The third-order valence-corrected chi connectivity index (χ3v) is 4.08. The van der Waals surface area contributed by atoms with E-state index in [1.54, 1.807) is 16.9 Å². The third kappa shape index (κ3) is 3.72. The Balaban J connectivity index is 1.82. The lowest BCUT2D eigenvalue weighted by Crippen LogP contribution is -2.23. The van der Waals surface area contributed by atoms with Gasteiger partial charge >= 0.3 is 0 Å². The Bertz CT molecular complexity index is 851. The smallest absolute Gasteiger partial charge is 0.267 e. The van der Waals surface area contributed by atoms with E-state index in [4.69, 9.17) is 4.74 Å². The Hall–Kier alpha value is -2.32. The zero-order valence-corrected chi connectivity index (χ0v) is 13.8. The van der Waals surface area contributed by atoms with Crippen molar-refractivity contribution in [3.05, 3.63) is 51.0 Å². The van der Waals surface area contributed by atoms with Crippen molar-refractivity contribution in [1.29, 1.82) is 0 Å². The van der Waals surface area contributed by atoms with Gasteiger partial charge in [0.1, 0.15) is 5.01 Å². The first-order valence-electron chi connectivity index (χ1n) is 7.24. The molecule has 0 aliphatic heterocycles. The van der Waals surface area contributed by atoms with Crippen LogP contribution in [-0.4, -0.2) is 31.2 Å². The summed E-state index contributed by atoms with van der Waals surface area (Å²) in [7, 11) is 1.84. The SMILES string of the molecule is CCOCc1nc(Cn2nc(-c3cnn(C)c3)ccc2=O)cs1. The van der Waals surface area contributed by atoms with Gasteiger partial charge in [0.05, 0.1) is 30.7 Å². The van der Waals surface area contributed by atoms with Crippen LogP contribution in [0.2, 0.25) is 0 Å². The molecule has 0 saturated carbocycles. The first-order valence-corrected chi connectivity index (χ1v) is 8.12. The summed E-state index contributed by atoms with van der Waals surface area (Å²) in [5, 5.41) is 11.4. The molecule has 0 aliphatic carbocycles. The molecule has 8 heteroatoms.